The van der Waals surface area contributed by atoms with Crippen molar-refractivity contribution in [3.8, 4) is 5.75 Å². The van der Waals surface area contributed by atoms with Crippen LogP contribution in [0.25, 0.3) is 0 Å². The van der Waals surface area contributed by atoms with Crippen molar-refractivity contribution in [3.05, 3.63) is 59.7 Å². The molecule has 0 spiro atoms. The van der Waals surface area contributed by atoms with Crippen LogP contribution in [0.3, 0.4) is 0 Å². The zero-order chi connectivity index (χ0) is 27.1. The Hall–Kier alpha value is -2.78. The number of nitrogens with zero attached hydrogens (tertiary/aromatic N) is 3. The number of hydrogen-bond donors (Lipinski definition) is 0. The van der Waals surface area contributed by atoms with Crippen LogP contribution in [0, 0.1) is 5.92 Å². The van der Waals surface area contributed by atoms with Gasteiger partial charge >= 0.3 is 12.1 Å². The fourth-order valence-corrected chi connectivity index (χ4v) is 5.77. The summed E-state index contributed by atoms with van der Waals surface area (Å²) in [7, 11) is 1.42. The van der Waals surface area contributed by atoms with E-state index in [1.165, 1.54) is 19.2 Å². The molecule has 2 aliphatic rings. The third-order valence-electron chi connectivity index (χ3n) is 7.71. The molecular formula is C29H38F3N3O3. The summed E-state index contributed by atoms with van der Waals surface area (Å²) in [5.41, 5.74) is 1.16. The van der Waals surface area contributed by atoms with Gasteiger partial charge in [-0.1, -0.05) is 24.3 Å². The third-order valence-corrected chi connectivity index (χ3v) is 7.71. The Morgan fingerprint density at radius 3 is 2.50 bits per heavy atom. The maximum Gasteiger partial charge on any atom is 0.416 e. The van der Waals surface area contributed by atoms with Crippen molar-refractivity contribution in [2.24, 2.45) is 5.92 Å². The maximum absolute atomic E-state index is 13.2. The number of para-hydroxylation sites is 1. The molecule has 0 saturated carbocycles. The summed E-state index contributed by atoms with van der Waals surface area (Å²) in [4.78, 5) is 18.9. The van der Waals surface area contributed by atoms with Crippen LogP contribution in [0.4, 0.5) is 18.9 Å². The standard InChI is InChI=1S/C29H38F3N3O3/c1-3-38-27-10-5-4-7-23(27)21-33-14-13-26(22(20-33)11-12-28(36)37-2)35-17-15-34(16-18-35)25-9-6-8-24(19-25)29(30,31)32/h4-10,19,22,26H,3,11-18,20-21H2,1-2H3/t22-,26+/m1/s1. The molecule has 2 aromatic rings. The molecule has 2 heterocycles. The van der Waals surface area contributed by atoms with Crippen LogP contribution < -0.4 is 9.64 Å². The number of carbonyl (C=O) groups is 1. The van der Waals surface area contributed by atoms with Gasteiger partial charge in [0.15, 0.2) is 0 Å². The summed E-state index contributed by atoms with van der Waals surface area (Å²) in [6.07, 6.45) is -2.24. The number of methoxy groups -OCH3 is 1. The van der Waals surface area contributed by atoms with Gasteiger partial charge in [0.25, 0.3) is 0 Å². The van der Waals surface area contributed by atoms with Gasteiger partial charge in [-0.05, 0) is 56.5 Å². The first-order chi connectivity index (χ1) is 18.3. The van der Waals surface area contributed by atoms with Gasteiger partial charge in [-0.25, -0.2) is 0 Å². The number of alkyl halides is 3. The summed E-state index contributed by atoms with van der Waals surface area (Å²) in [5, 5.41) is 0. The number of halogens is 3. The summed E-state index contributed by atoms with van der Waals surface area (Å²) in [6, 6.07) is 14.0. The van der Waals surface area contributed by atoms with E-state index in [1.807, 2.05) is 30.0 Å². The van der Waals surface area contributed by atoms with E-state index in [-0.39, 0.29) is 5.97 Å². The SMILES string of the molecule is CCOc1ccccc1CN1CC[C@H](N2CCN(c3cccc(C(F)(F)F)c3)CC2)[C@H](CCC(=O)OC)C1. The van der Waals surface area contributed by atoms with Gasteiger partial charge in [0.2, 0.25) is 0 Å². The second-order valence-electron chi connectivity index (χ2n) is 10.1. The predicted molar refractivity (Wildman–Crippen MR) is 141 cm³/mol. The van der Waals surface area contributed by atoms with Crippen LogP contribution >= 0.6 is 0 Å². The Morgan fingerprint density at radius 2 is 1.79 bits per heavy atom. The van der Waals surface area contributed by atoms with Gasteiger partial charge in [-0.2, -0.15) is 13.2 Å². The van der Waals surface area contributed by atoms with Crippen molar-refractivity contribution in [3.63, 3.8) is 0 Å². The van der Waals surface area contributed by atoms with Gasteiger partial charge in [0.05, 0.1) is 19.3 Å². The average Bonchev–Trinajstić information content (AvgIpc) is 2.93. The fraction of sp³-hybridized carbons (Fsp3) is 0.552. The van der Waals surface area contributed by atoms with E-state index >= 15 is 0 Å². The van der Waals surface area contributed by atoms with Crippen LogP contribution in [0.5, 0.6) is 5.75 Å². The smallest absolute Gasteiger partial charge is 0.416 e. The lowest BCUT2D eigenvalue weighted by Crippen LogP contribution is -2.56. The van der Waals surface area contributed by atoms with E-state index in [4.69, 9.17) is 9.47 Å². The molecule has 2 saturated heterocycles. The molecule has 0 bridgehead atoms. The number of ether oxygens (including phenoxy) is 2. The van der Waals surface area contributed by atoms with Gasteiger partial charge in [-0.15, -0.1) is 0 Å². The van der Waals surface area contributed by atoms with E-state index in [1.54, 1.807) is 6.07 Å². The molecule has 0 radical (unpaired) electrons. The Balaban J connectivity index is 1.40. The van der Waals surface area contributed by atoms with Crippen LogP contribution in [-0.2, 0) is 22.3 Å². The van der Waals surface area contributed by atoms with E-state index in [9.17, 15) is 18.0 Å². The van der Waals surface area contributed by atoms with Crippen LogP contribution in [0.2, 0.25) is 0 Å². The van der Waals surface area contributed by atoms with Crippen molar-refractivity contribution in [1.29, 1.82) is 0 Å². The normalized spacial score (nSPS) is 21.3. The second-order valence-corrected chi connectivity index (χ2v) is 10.1. The van der Waals surface area contributed by atoms with Crippen LogP contribution in [0.15, 0.2) is 48.5 Å². The molecule has 0 unspecified atom stereocenters. The van der Waals surface area contributed by atoms with Crippen molar-refractivity contribution < 1.29 is 27.4 Å². The Bertz CT molecular complexity index is 1060. The average molecular weight is 534 g/mol. The van der Waals surface area contributed by atoms with Gasteiger partial charge in [0.1, 0.15) is 5.75 Å². The highest BCUT2D eigenvalue weighted by Crippen LogP contribution is 2.33. The van der Waals surface area contributed by atoms with E-state index in [2.05, 4.69) is 15.9 Å². The zero-order valence-electron chi connectivity index (χ0n) is 22.3. The van der Waals surface area contributed by atoms with Gasteiger partial charge in [0, 0.05) is 63.0 Å². The number of hydrogen-bond acceptors (Lipinski definition) is 6. The molecule has 2 atom stereocenters. The highest BCUT2D eigenvalue weighted by atomic mass is 19.4. The second kappa shape index (κ2) is 12.8. The lowest BCUT2D eigenvalue weighted by molar-refractivity contribution is -0.141. The molecule has 0 N–H and O–H groups in total. The largest absolute Gasteiger partial charge is 0.494 e. The summed E-state index contributed by atoms with van der Waals surface area (Å²) in [5.74, 6) is 1.01. The highest BCUT2D eigenvalue weighted by Gasteiger charge is 2.36. The molecule has 0 amide bonds. The van der Waals surface area contributed by atoms with Gasteiger partial charge in [-0.3, -0.25) is 14.6 Å². The topological polar surface area (TPSA) is 45.2 Å². The molecule has 208 valence electrons. The third kappa shape index (κ3) is 7.20. The quantitative estimate of drug-likeness (QED) is 0.420. The minimum absolute atomic E-state index is 0.197. The summed E-state index contributed by atoms with van der Waals surface area (Å²) < 4.78 is 50.3. The molecule has 6 nitrogen and oxygen atoms in total. The minimum atomic E-state index is -4.35. The lowest BCUT2D eigenvalue weighted by Gasteiger charge is -2.47. The molecule has 9 heteroatoms. The number of benzene rings is 2. The molecule has 2 fully saturated rings. The van der Waals surface area contributed by atoms with Crippen molar-refractivity contribution in [2.75, 3.05) is 57.9 Å². The number of carbonyl (C=O) groups excluding carboxylic acids is 1. The van der Waals surface area contributed by atoms with Crippen molar-refractivity contribution >= 4 is 11.7 Å². The number of esters is 1. The summed E-state index contributed by atoms with van der Waals surface area (Å²) in [6.45, 7) is 8.11. The first-order valence-corrected chi connectivity index (χ1v) is 13.4. The fourth-order valence-electron chi connectivity index (χ4n) is 5.77. The van der Waals surface area contributed by atoms with Crippen LogP contribution in [0.1, 0.15) is 37.3 Å². The zero-order valence-corrected chi connectivity index (χ0v) is 22.3. The number of piperazine rings is 1. The first kappa shape index (κ1) is 28.2. The first-order valence-electron chi connectivity index (χ1n) is 13.4. The number of rotatable bonds is 9. The number of piperidine rings is 1. The number of anilines is 1. The molecule has 38 heavy (non-hydrogen) atoms. The Labute approximate surface area is 223 Å². The monoisotopic (exact) mass is 533 g/mol. The van der Waals surface area contributed by atoms with Crippen molar-refractivity contribution in [2.45, 2.75) is 44.9 Å². The number of likely N-dealkylation sites (tertiary alicyclic amines) is 1. The molecule has 2 aromatic carbocycles. The Morgan fingerprint density at radius 1 is 1.03 bits per heavy atom. The molecule has 2 aliphatic heterocycles. The minimum Gasteiger partial charge on any atom is -0.494 e. The molecule has 0 aliphatic carbocycles. The lowest BCUT2D eigenvalue weighted by atomic mass is 9.86. The summed E-state index contributed by atoms with van der Waals surface area (Å²) >= 11 is 0. The maximum atomic E-state index is 13.2. The van der Waals surface area contributed by atoms with Crippen LogP contribution in [-0.4, -0.2) is 74.8 Å². The highest BCUT2D eigenvalue weighted by molar-refractivity contribution is 5.69. The van der Waals surface area contributed by atoms with Gasteiger partial charge < -0.3 is 14.4 Å². The van der Waals surface area contributed by atoms with Crippen molar-refractivity contribution in [1.82, 2.24) is 9.80 Å². The Kier molecular flexibility index (Phi) is 9.54. The molecular weight excluding hydrogens is 495 g/mol. The molecule has 4 rings (SSSR count). The van der Waals surface area contributed by atoms with E-state index in [0.717, 1.165) is 62.9 Å². The molecule has 0 aromatic heterocycles. The van der Waals surface area contributed by atoms with E-state index < -0.39 is 11.7 Å². The predicted octanol–water partition coefficient (Wildman–Crippen LogP) is 5.07. The van der Waals surface area contributed by atoms with E-state index in [0.29, 0.717) is 43.8 Å².